The highest BCUT2D eigenvalue weighted by molar-refractivity contribution is 9.09. The molecule has 1 rings (SSSR count). The van der Waals surface area contributed by atoms with Gasteiger partial charge < -0.3 is 0 Å². The van der Waals surface area contributed by atoms with Crippen LogP contribution in [0.4, 0.5) is 0 Å². The number of rotatable bonds is 5. The summed E-state index contributed by atoms with van der Waals surface area (Å²) in [5.41, 5.74) is 1.21. The quantitative estimate of drug-likeness (QED) is 0.735. The third-order valence-corrected chi connectivity index (χ3v) is 3.64. The second kappa shape index (κ2) is 6.49. The van der Waals surface area contributed by atoms with E-state index in [1.165, 1.54) is 12.0 Å². The topological polar surface area (TPSA) is 12.9 Å². The van der Waals surface area contributed by atoms with Crippen molar-refractivity contribution in [1.29, 1.82) is 0 Å². The molecule has 0 N–H and O–H groups in total. The van der Waals surface area contributed by atoms with Crippen LogP contribution in [0.2, 0.25) is 5.02 Å². The van der Waals surface area contributed by atoms with Crippen molar-refractivity contribution in [2.45, 2.75) is 26.7 Å². The van der Waals surface area contributed by atoms with Crippen LogP contribution >= 0.6 is 27.5 Å². The molecule has 1 atom stereocenters. The monoisotopic (exact) mass is 289 g/mol. The van der Waals surface area contributed by atoms with Crippen molar-refractivity contribution in [2.75, 3.05) is 5.33 Å². The van der Waals surface area contributed by atoms with Gasteiger partial charge in [-0.05, 0) is 36.3 Å². The summed E-state index contributed by atoms with van der Waals surface area (Å²) in [5, 5.41) is 1.82. The Labute approximate surface area is 105 Å². The fourth-order valence-corrected chi connectivity index (χ4v) is 2.44. The Morgan fingerprint density at radius 2 is 2.20 bits per heavy atom. The van der Waals surface area contributed by atoms with Crippen LogP contribution in [0.5, 0.6) is 0 Å². The van der Waals surface area contributed by atoms with Gasteiger partial charge in [-0.2, -0.15) is 0 Å². The fraction of sp³-hybridized carbons (Fsp3) is 0.583. The second-order valence-corrected chi connectivity index (χ2v) is 5.38. The van der Waals surface area contributed by atoms with Crippen LogP contribution in [0.1, 0.15) is 25.8 Å². The first-order chi connectivity index (χ1) is 7.13. The summed E-state index contributed by atoms with van der Waals surface area (Å²) >= 11 is 9.65. The van der Waals surface area contributed by atoms with Crippen molar-refractivity contribution >= 4 is 27.5 Å². The molecule has 1 aromatic rings. The number of hydrogen-bond donors (Lipinski definition) is 0. The summed E-state index contributed by atoms with van der Waals surface area (Å²) in [4.78, 5) is 4.00. The minimum absolute atomic E-state index is 0.657. The lowest BCUT2D eigenvalue weighted by Crippen LogP contribution is -2.10. The normalized spacial score (nSPS) is 13.1. The number of halogens is 2. The molecular formula is C12H17BrClN. The van der Waals surface area contributed by atoms with Crippen LogP contribution in [0.25, 0.3) is 0 Å². The highest BCUT2D eigenvalue weighted by atomic mass is 79.9. The van der Waals surface area contributed by atoms with Gasteiger partial charge >= 0.3 is 0 Å². The summed E-state index contributed by atoms with van der Waals surface area (Å²) < 4.78 is 0. The molecule has 0 saturated carbocycles. The molecule has 0 aliphatic rings. The molecule has 0 saturated heterocycles. The van der Waals surface area contributed by atoms with E-state index >= 15 is 0 Å². The van der Waals surface area contributed by atoms with E-state index in [1.807, 2.05) is 12.3 Å². The minimum Gasteiger partial charge on any atom is -0.263 e. The fourth-order valence-electron chi connectivity index (χ4n) is 1.75. The lowest BCUT2D eigenvalue weighted by Gasteiger charge is -2.16. The van der Waals surface area contributed by atoms with Crippen LogP contribution in [0.3, 0.4) is 0 Å². The van der Waals surface area contributed by atoms with E-state index < -0.39 is 0 Å². The van der Waals surface area contributed by atoms with E-state index in [4.69, 9.17) is 11.6 Å². The van der Waals surface area contributed by atoms with Crippen molar-refractivity contribution in [3.63, 3.8) is 0 Å². The van der Waals surface area contributed by atoms with E-state index in [0.717, 1.165) is 22.7 Å². The first-order valence-electron chi connectivity index (χ1n) is 5.27. The number of aromatic nitrogens is 1. The number of alkyl halides is 1. The first-order valence-corrected chi connectivity index (χ1v) is 6.77. The molecular weight excluding hydrogens is 273 g/mol. The highest BCUT2D eigenvalue weighted by Gasteiger charge is 2.12. The largest absolute Gasteiger partial charge is 0.263 e. The average Bonchev–Trinajstić information content (AvgIpc) is 2.19. The molecule has 1 heterocycles. The lowest BCUT2D eigenvalue weighted by atomic mass is 9.93. The Morgan fingerprint density at radius 1 is 1.47 bits per heavy atom. The van der Waals surface area contributed by atoms with E-state index in [2.05, 4.69) is 34.8 Å². The summed E-state index contributed by atoms with van der Waals surface area (Å²) in [7, 11) is 0. The SMILES string of the molecule is CC(C)CC(CBr)Cc1ccncc1Cl. The van der Waals surface area contributed by atoms with Crippen molar-refractivity contribution in [3.05, 3.63) is 29.0 Å². The average molecular weight is 291 g/mol. The zero-order valence-corrected chi connectivity index (χ0v) is 11.6. The van der Waals surface area contributed by atoms with Crippen LogP contribution in [0.15, 0.2) is 18.5 Å². The molecule has 0 bridgehead atoms. The van der Waals surface area contributed by atoms with Gasteiger partial charge in [-0.15, -0.1) is 0 Å². The maximum Gasteiger partial charge on any atom is 0.0621 e. The summed E-state index contributed by atoms with van der Waals surface area (Å²) in [6.45, 7) is 4.51. The predicted octanol–water partition coefficient (Wildman–Crippen LogP) is 4.33. The van der Waals surface area contributed by atoms with Crippen LogP contribution in [-0.4, -0.2) is 10.3 Å². The molecule has 0 fully saturated rings. The third kappa shape index (κ3) is 4.52. The smallest absolute Gasteiger partial charge is 0.0621 e. The maximum absolute atomic E-state index is 6.08. The number of hydrogen-bond acceptors (Lipinski definition) is 1. The number of pyridine rings is 1. The minimum atomic E-state index is 0.657. The van der Waals surface area contributed by atoms with Gasteiger partial charge in [0.15, 0.2) is 0 Å². The van der Waals surface area contributed by atoms with Gasteiger partial charge in [0.25, 0.3) is 0 Å². The molecule has 1 aromatic heterocycles. The molecule has 0 aromatic carbocycles. The Hall–Kier alpha value is -0.0800. The van der Waals surface area contributed by atoms with E-state index in [0.29, 0.717) is 5.92 Å². The molecule has 0 aliphatic heterocycles. The molecule has 1 unspecified atom stereocenters. The standard InChI is InChI=1S/C12H17BrClN/c1-9(2)5-10(7-13)6-11-3-4-15-8-12(11)14/h3-4,8-10H,5-7H2,1-2H3. The molecule has 3 heteroatoms. The number of nitrogens with zero attached hydrogens (tertiary/aromatic N) is 1. The molecule has 0 amide bonds. The van der Waals surface area contributed by atoms with Crippen molar-refractivity contribution in [2.24, 2.45) is 11.8 Å². The van der Waals surface area contributed by atoms with Gasteiger partial charge in [0.2, 0.25) is 0 Å². The van der Waals surface area contributed by atoms with Gasteiger partial charge in [0, 0.05) is 17.7 Å². The molecule has 0 radical (unpaired) electrons. The van der Waals surface area contributed by atoms with Gasteiger partial charge in [-0.1, -0.05) is 41.4 Å². The van der Waals surface area contributed by atoms with Gasteiger partial charge in [-0.3, -0.25) is 4.98 Å². The van der Waals surface area contributed by atoms with Crippen LogP contribution in [-0.2, 0) is 6.42 Å². The highest BCUT2D eigenvalue weighted by Crippen LogP contribution is 2.23. The Balaban J connectivity index is 2.62. The molecule has 0 spiro atoms. The molecule has 0 aliphatic carbocycles. The predicted molar refractivity (Wildman–Crippen MR) is 69.7 cm³/mol. The van der Waals surface area contributed by atoms with Crippen molar-refractivity contribution in [3.8, 4) is 0 Å². The van der Waals surface area contributed by atoms with Crippen molar-refractivity contribution in [1.82, 2.24) is 4.98 Å². The molecule has 1 nitrogen and oxygen atoms in total. The van der Waals surface area contributed by atoms with Crippen LogP contribution < -0.4 is 0 Å². The Bertz CT molecular complexity index is 301. The summed E-state index contributed by atoms with van der Waals surface area (Å²) in [6, 6.07) is 2.01. The molecule has 84 valence electrons. The Kier molecular flexibility index (Phi) is 5.62. The summed E-state index contributed by atoms with van der Waals surface area (Å²) in [6.07, 6.45) is 5.79. The first kappa shape index (κ1) is 13.0. The van der Waals surface area contributed by atoms with Gasteiger partial charge in [0.1, 0.15) is 0 Å². The van der Waals surface area contributed by atoms with Gasteiger partial charge in [-0.25, -0.2) is 0 Å². The van der Waals surface area contributed by atoms with E-state index in [-0.39, 0.29) is 0 Å². The van der Waals surface area contributed by atoms with E-state index in [9.17, 15) is 0 Å². The molecule has 15 heavy (non-hydrogen) atoms. The van der Waals surface area contributed by atoms with E-state index in [1.54, 1.807) is 6.20 Å². The Morgan fingerprint density at radius 3 is 2.73 bits per heavy atom. The van der Waals surface area contributed by atoms with Crippen LogP contribution in [0, 0.1) is 11.8 Å². The third-order valence-electron chi connectivity index (χ3n) is 2.39. The van der Waals surface area contributed by atoms with Crippen molar-refractivity contribution < 1.29 is 0 Å². The maximum atomic E-state index is 6.08. The summed E-state index contributed by atoms with van der Waals surface area (Å²) in [5.74, 6) is 1.39. The van der Waals surface area contributed by atoms with Gasteiger partial charge in [0.05, 0.1) is 5.02 Å². The lowest BCUT2D eigenvalue weighted by molar-refractivity contribution is 0.445. The zero-order valence-electron chi connectivity index (χ0n) is 9.21. The second-order valence-electron chi connectivity index (χ2n) is 4.32. The zero-order chi connectivity index (χ0) is 11.3.